The Labute approximate surface area is 241 Å². The molecule has 1 atom stereocenters. The van der Waals surface area contributed by atoms with Crippen LogP contribution in [0.4, 0.5) is 0 Å². The van der Waals surface area contributed by atoms with Gasteiger partial charge in [0.25, 0.3) is 0 Å². The lowest BCUT2D eigenvalue weighted by Gasteiger charge is -2.22. The molecule has 6 heteroatoms. The van der Waals surface area contributed by atoms with E-state index in [-0.39, 0.29) is 0 Å². The van der Waals surface area contributed by atoms with Gasteiger partial charge >= 0.3 is 0 Å². The standard InChI is InChI=1S/C32H28BrClN2OS/c1-21-17-27-30(37-20-26-12-9-24(18-35-26)23-5-3-2-4-6-23)14-13-28-31(27)32(38-21)29(15-16-33)36(28)19-22-7-10-25(34)11-8-22/h2-14,18,21H,15-17,19-20H2,1H3. The van der Waals surface area contributed by atoms with Gasteiger partial charge in [-0.25, -0.2) is 0 Å². The summed E-state index contributed by atoms with van der Waals surface area (Å²) < 4.78 is 8.92. The van der Waals surface area contributed by atoms with E-state index in [1.54, 1.807) is 0 Å². The Balaban J connectivity index is 1.33. The van der Waals surface area contributed by atoms with E-state index < -0.39 is 0 Å². The van der Waals surface area contributed by atoms with Gasteiger partial charge in [-0.15, -0.1) is 11.8 Å². The molecular weight excluding hydrogens is 576 g/mol. The fourth-order valence-corrected chi connectivity index (χ4v) is 7.10. The van der Waals surface area contributed by atoms with Crippen molar-refractivity contribution in [2.45, 2.75) is 43.1 Å². The van der Waals surface area contributed by atoms with Gasteiger partial charge in [0, 0.05) is 55.4 Å². The Hall–Kier alpha value is -2.73. The molecule has 0 N–H and O–H groups in total. The number of hydrogen-bond acceptors (Lipinski definition) is 3. The lowest BCUT2D eigenvalue weighted by molar-refractivity contribution is 0.298. The SMILES string of the molecule is CC1Cc2c(OCc3ccc(-c4ccccc4)cn3)ccc3c2c(c(CCBr)n3Cc2ccc(Cl)cc2)S1. The number of rotatable bonds is 8. The van der Waals surface area contributed by atoms with Crippen LogP contribution in [0.2, 0.25) is 5.02 Å². The third kappa shape index (κ3) is 5.12. The van der Waals surface area contributed by atoms with Crippen LogP contribution in [-0.4, -0.2) is 20.1 Å². The van der Waals surface area contributed by atoms with E-state index in [4.69, 9.17) is 16.3 Å². The van der Waals surface area contributed by atoms with Crippen molar-refractivity contribution in [3.05, 3.63) is 113 Å². The van der Waals surface area contributed by atoms with Crippen molar-refractivity contribution >= 4 is 50.2 Å². The maximum Gasteiger partial charge on any atom is 0.130 e. The number of pyridine rings is 1. The van der Waals surface area contributed by atoms with Gasteiger partial charge in [0.1, 0.15) is 12.4 Å². The Kier molecular flexibility index (Phi) is 7.51. The normalized spacial score (nSPS) is 14.7. The molecule has 0 aliphatic carbocycles. The van der Waals surface area contributed by atoms with Gasteiger partial charge in [-0.3, -0.25) is 4.98 Å². The first kappa shape index (κ1) is 25.5. The lowest BCUT2D eigenvalue weighted by atomic mass is 10.0. The highest BCUT2D eigenvalue weighted by Gasteiger charge is 2.28. The molecule has 0 saturated carbocycles. The van der Waals surface area contributed by atoms with Crippen LogP contribution >= 0.6 is 39.3 Å². The molecule has 2 aromatic heterocycles. The zero-order valence-electron chi connectivity index (χ0n) is 21.2. The minimum atomic E-state index is 0.449. The maximum absolute atomic E-state index is 6.44. The molecule has 3 heterocycles. The third-order valence-electron chi connectivity index (χ3n) is 7.06. The van der Waals surface area contributed by atoms with Crippen LogP contribution in [0, 0.1) is 0 Å². The van der Waals surface area contributed by atoms with Crippen molar-refractivity contribution in [3.8, 4) is 16.9 Å². The summed E-state index contributed by atoms with van der Waals surface area (Å²) in [6.07, 6.45) is 3.90. The van der Waals surface area contributed by atoms with Crippen molar-refractivity contribution in [2.75, 3.05) is 5.33 Å². The van der Waals surface area contributed by atoms with Gasteiger partial charge in [0.2, 0.25) is 0 Å². The summed E-state index contributed by atoms with van der Waals surface area (Å²) in [6.45, 7) is 3.58. The zero-order chi connectivity index (χ0) is 26.1. The first-order valence-electron chi connectivity index (χ1n) is 12.9. The lowest BCUT2D eigenvalue weighted by Crippen LogP contribution is -2.10. The topological polar surface area (TPSA) is 27.1 Å². The molecule has 192 valence electrons. The number of thioether (sulfide) groups is 1. The largest absolute Gasteiger partial charge is 0.487 e. The van der Waals surface area contributed by atoms with Gasteiger partial charge in [0.05, 0.1) is 11.2 Å². The molecule has 0 radical (unpaired) electrons. The molecule has 1 aliphatic heterocycles. The first-order chi connectivity index (χ1) is 18.6. The van der Waals surface area contributed by atoms with Crippen molar-refractivity contribution in [2.24, 2.45) is 0 Å². The summed E-state index contributed by atoms with van der Waals surface area (Å²) >= 11 is 11.9. The third-order valence-corrected chi connectivity index (χ3v) is 8.95. The quantitative estimate of drug-likeness (QED) is 0.166. The smallest absolute Gasteiger partial charge is 0.130 e. The summed E-state index contributed by atoms with van der Waals surface area (Å²) in [7, 11) is 0. The highest BCUT2D eigenvalue weighted by molar-refractivity contribution is 9.09. The predicted molar refractivity (Wildman–Crippen MR) is 163 cm³/mol. The van der Waals surface area contributed by atoms with E-state index in [0.29, 0.717) is 11.9 Å². The van der Waals surface area contributed by atoms with Crippen LogP contribution in [0.3, 0.4) is 0 Å². The minimum Gasteiger partial charge on any atom is -0.487 e. The molecule has 0 spiro atoms. The molecule has 38 heavy (non-hydrogen) atoms. The van der Waals surface area contributed by atoms with E-state index in [1.165, 1.54) is 38.2 Å². The number of alkyl halides is 1. The van der Waals surface area contributed by atoms with E-state index in [0.717, 1.165) is 46.7 Å². The van der Waals surface area contributed by atoms with Crippen molar-refractivity contribution in [1.82, 2.24) is 9.55 Å². The molecule has 5 aromatic rings. The van der Waals surface area contributed by atoms with Crippen LogP contribution in [0.1, 0.15) is 29.4 Å². The maximum atomic E-state index is 6.44. The van der Waals surface area contributed by atoms with Crippen LogP contribution in [0.15, 0.2) is 90.0 Å². The van der Waals surface area contributed by atoms with Gasteiger partial charge in [-0.1, -0.05) is 83.0 Å². The van der Waals surface area contributed by atoms with Gasteiger partial charge in [-0.2, -0.15) is 0 Å². The van der Waals surface area contributed by atoms with Crippen molar-refractivity contribution < 1.29 is 4.74 Å². The molecule has 1 unspecified atom stereocenters. The van der Waals surface area contributed by atoms with E-state index in [1.807, 2.05) is 48.3 Å². The van der Waals surface area contributed by atoms with Gasteiger partial charge < -0.3 is 9.30 Å². The second kappa shape index (κ2) is 11.2. The second-order valence-corrected chi connectivity index (χ2v) is 12.4. The van der Waals surface area contributed by atoms with Crippen LogP contribution in [0.5, 0.6) is 5.75 Å². The first-order valence-corrected chi connectivity index (χ1v) is 15.3. The summed E-state index contributed by atoms with van der Waals surface area (Å²) in [4.78, 5) is 6.08. The Morgan fingerprint density at radius 2 is 1.82 bits per heavy atom. The molecule has 3 nitrogen and oxygen atoms in total. The Morgan fingerprint density at radius 1 is 1.00 bits per heavy atom. The zero-order valence-corrected chi connectivity index (χ0v) is 24.3. The molecule has 3 aromatic carbocycles. The van der Waals surface area contributed by atoms with E-state index in [9.17, 15) is 0 Å². The number of nitrogens with zero attached hydrogens (tertiary/aromatic N) is 2. The molecule has 0 amide bonds. The highest BCUT2D eigenvalue weighted by atomic mass is 79.9. The van der Waals surface area contributed by atoms with E-state index >= 15 is 0 Å². The Morgan fingerprint density at radius 3 is 2.55 bits per heavy atom. The fraction of sp³-hybridized carbons (Fsp3) is 0.219. The highest BCUT2D eigenvalue weighted by Crippen LogP contribution is 2.47. The van der Waals surface area contributed by atoms with E-state index in [2.05, 4.69) is 80.9 Å². The van der Waals surface area contributed by atoms with Crippen molar-refractivity contribution in [3.63, 3.8) is 0 Å². The summed E-state index contributed by atoms with van der Waals surface area (Å²) in [5.74, 6) is 0.967. The summed E-state index contributed by atoms with van der Waals surface area (Å²) in [5.41, 5.74) is 8.44. The van der Waals surface area contributed by atoms with Gasteiger partial charge in [0.15, 0.2) is 0 Å². The fourth-order valence-electron chi connectivity index (χ4n) is 5.26. The average molecular weight is 604 g/mol. The number of hydrogen-bond donors (Lipinski definition) is 0. The summed E-state index contributed by atoms with van der Waals surface area (Å²) in [6, 6.07) is 27.1. The Bertz CT molecular complexity index is 1570. The van der Waals surface area contributed by atoms with Crippen molar-refractivity contribution in [1.29, 1.82) is 0 Å². The second-order valence-electron chi connectivity index (χ2n) is 9.69. The minimum absolute atomic E-state index is 0.449. The predicted octanol–water partition coefficient (Wildman–Crippen LogP) is 8.96. The molecule has 0 bridgehead atoms. The van der Waals surface area contributed by atoms with Crippen LogP contribution in [-0.2, 0) is 26.0 Å². The monoisotopic (exact) mass is 602 g/mol. The van der Waals surface area contributed by atoms with Crippen LogP contribution < -0.4 is 4.74 Å². The molecule has 6 rings (SSSR count). The molecule has 0 saturated heterocycles. The number of halogens is 2. The molecular formula is C32H28BrClN2OS. The molecule has 0 fully saturated rings. The number of benzene rings is 3. The van der Waals surface area contributed by atoms with Crippen LogP contribution in [0.25, 0.3) is 22.0 Å². The number of ether oxygens (including phenoxy) is 1. The molecule has 1 aliphatic rings. The van der Waals surface area contributed by atoms with Gasteiger partial charge in [-0.05, 0) is 54.3 Å². The number of aromatic nitrogens is 2. The summed E-state index contributed by atoms with van der Waals surface area (Å²) in [5, 5.41) is 3.53. The average Bonchev–Trinajstić information content (AvgIpc) is 3.23.